The van der Waals surface area contributed by atoms with Gasteiger partial charge in [0.1, 0.15) is 10.3 Å². The molecule has 2 aromatic rings. The molecule has 0 radical (unpaired) electrons. The van der Waals surface area contributed by atoms with Crippen molar-refractivity contribution in [3.63, 3.8) is 0 Å². The highest BCUT2D eigenvalue weighted by Crippen LogP contribution is 2.26. The van der Waals surface area contributed by atoms with Gasteiger partial charge in [0.05, 0.1) is 16.0 Å². The first-order chi connectivity index (χ1) is 14.8. The number of nitriles is 1. The number of alkyl halides is 3. The number of hydrogen-bond acceptors (Lipinski definition) is 6. The first-order valence-electron chi connectivity index (χ1n) is 8.69. The Balaban J connectivity index is 0.000000451. The number of nitrogens with zero attached hydrogens (tertiary/aromatic N) is 2. The minimum atomic E-state index is -5.08. The van der Waals surface area contributed by atoms with E-state index in [1.165, 1.54) is 12.1 Å². The zero-order valence-corrected chi connectivity index (χ0v) is 18.4. The van der Waals surface area contributed by atoms with Gasteiger partial charge in [-0.1, -0.05) is 23.7 Å². The Hall–Kier alpha value is -2.66. The molecule has 0 unspecified atom stereocenters. The summed E-state index contributed by atoms with van der Waals surface area (Å²) in [6.45, 7) is 0.797. The second kappa shape index (κ2) is 10.3. The number of sulfonamides is 1. The molecular formula is C18H15ClF3N3O5S2. The Kier molecular flexibility index (Phi) is 8.24. The maximum absolute atomic E-state index is 12.5. The van der Waals surface area contributed by atoms with Crippen LogP contribution in [0.2, 0.25) is 4.34 Å². The molecule has 8 nitrogen and oxygen atoms in total. The van der Waals surface area contributed by atoms with Crippen molar-refractivity contribution in [3.8, 4) is 6.07 Å². The van der Waals surface area contributed by atoms with Crippen molar-refractivity contribution >= 4 is 44.8 Å². The average molecular weight is 510 g/mol. The minimum absolute atomic E-state index is 0.0884. The molecule has 0 bridgehead atoms. The van der Waals surface area contributed by atoms with Gasteiger partial charge in [0.25, 0.3) is 10.0 Å². The molecule has 172 valence electrons. The highest BCUT2D eigenvalue weighted by atomic mass is 35.5. The monoisotopic (exact) mass is 509 g/mol. The summed E-state index contributed by atoms with van der Waals surface area (Å²) in [5.74, 6) is -3.03. The molecule has 1 fully saturated rings. The maximum Gasteiger partial charge on any atom is 0.490 e. The summed E-state index contributed by atoms with van der Waals surface area (Å²) in [6, 6.07) is 11.2. The van der Waals surface area contributed by atoms with E-state index in [1.54, 1.807) is 23.1 Å². The second-order valence-electron chi connectivity index (χ2n) is 6.40. The van der Waals surface area contributed by atoms with Crippen molar-refractivity contribution in [2.45, 2.75) is 29.4 Å². The van der Waals surface area contributed by atoms with Gasteiger partial charge in [-0.2, -0.15) is 23.2 Å². The first-order valence-corrected chi connectivity index (χ1v) is 11.4. The van der Waals surface area contributed by atoms with E-state index in [-0.39, 0.29) is 10.1 Å². The standard InChI is InChI=1S/C16H14ClN3O3S2.C2HF3O2/c17-14-4-5-15(24-14)25(22,23)19-13-6-7-20(16(13)21)10-12-3-1-2-11(8-12)9-18;3-2(4,5)1(6)7/h1-5,8,13,19H,6-7,10H2;(H,6,7)/t13-;/m0./s1. The fourth-order valence-electron chi connectivity index (χ4n) is 2.65. The van der Waals surface area contributed by atoms with Gasteiger partial charge in [-0.05, 0) is 36.2 Å². The lowest BCUT2D eigenvalue weighted by Crippen LogP contribution is -2.41. The largest absolute Gasteiger partial charge is 0.490 e. The number of carbonyl (C=O) groups excluding carboxylic acids is 1. The number of aliphatic carboxylic acids is 1. The Bertz CT molecular complexity index is 1150. The fraction of sp³-hybridized carbons (Fsp3) is 0.278. The fourth-order valence-corrected chi connectivity index (χ4v) is 5.38. The van der Waals surface area contributed by atoms with E-state index in [0.717, 1.165) is 16.9 Å². The molecule has 2 heterocycles. The van der Waals surface area contributed by atoms with E-state index in [2.05, 4.69) is 10.8 Å². The Morgan fingerprint density at radius 2 is 2.00 bits per heavy atom. The average Bonchev–Trinajstić information content (AvgIpc) is 3.29. The summed E-state index contributed by atoms with van der Waals surface area (Å²) in [7, 11) is -3.77. The highest BCUT2D eigenvalue weighted by Gasteiger charge is 2.38. The Morgan fingerprint density at radius 1 is 1.34 bits per heavy atom. The van der Waals surface area contributed by atoms with Crippen LogP contribution in [0.5, 0.6) is 0 Å². The van der Waals surface area contributed by atoms with Crippen molar-refractivity contribution in [3.05, 3.63) is 51.9 Å². The number of halogens is 4. The number of likely N-dealkylation sites (tertiary alicyclic amines) is 1. The van der Waals surface area contributed by atoms with Crippen LogP contribution in [-0.4, -0.2) is 49.1 Å². The number of thiophene rings is 1. The Labute approximate surface area is 189 Å². The number of rotatable bonds is 5. The van der Waals surface area contributed by atoms with Crippen LogP contribution in [0.4, 0.5) is 13.2 Å². The van der Waals surface area contributed by atoms with Crippen molar-refractivity contribution in [2.75, 3.05) is 6.54 Å². The normalized spacial score (nSPS) is 16.3. The lowest BCUT2D eigenvalue weighted by atomic mass is 10.1. The molecule has 1 aliphatic heterocycles. The molecule has 3 rings (SSSR count). The summed E-state index contributed by atoms with van der Waals surface area (Å²) >= 11 is 6.72. The van der Waals surface area contributed by atoms with E-state index in [1.807, 2.05) is 6.07 Å². The summed E-state index contributed by atoms with van der Waals surface area (Å²) < 4.78 is 59.3. The molecule has 1 aliphatic rings. The molecule has 0 saturated carbocycles. The third-order valence-electron chi connectivity index (χ3n) is 4.08. The van der Waals surface area contributed by atoms with Gasteiger partial charge in [-0.3, -0.25) is 4.79 Å². The number of carboxylic acid groups (broad SMARTS) is 1. The molecule has 1 amide bonds. The molecule has 14 heteroatoms. The van der Waals surface area contributed by atoms with Crippen molar-refractivity contribution < 1.29 is 36.3 Å². The third kappa shape index (κ3) is 6.92. The smallest absolute Gasteiger partial charge is 0.475 e. The molecule has 32 heavy (non-hydrogen) atoms. The zero-order valence-electron chi connectivity index (χ0n) is 16.0. The lowest BCUT2D eigenvalue weighted by Gasteiger charge is -2.17. The van der Waals surface area contributed by atoms with Crippen molar-refractivity contribution in [1.82, 2.24) is 9.62 Å². The second-order valence-corrected chi connectivity index (χ2v) is 10.1. The van der Waals surface area contributed by atoms with E-state index >= 15 is 0 Å². The zero-order chi connectivity index (χ0) is 24.1. The highest BCUT2D eigenvalue weighted by molar-refractivity contribution is 7.91. The molecular weight excluding hydrogens is 495 g/mol. The summed E-state index contributed by atoms with van der Waals surface area (Å²) in [6.07, 6.45) is -4.69. The first kappa shape index (κ1) is 25.6. The minimum Gasteiger partial charge on any atom is -0.475 e. The van der Waals surface area contributed by atoms with Crippen LogP contribution in [0.25, 0.3) is 0 Å². The molecule has 1 atom stereocenters. The molecule has 1 aromatic carbocycles. The predicted octanol–water partition coefficient (Wildman–Crippen LogP) is 2.99. The number of hydrogen-bond donors (Lipinski definition) is 2. The lowest BCUT2D eigenvalue weighted by molar-refractivity contribution is -0.192. The van der Waals surface area contributed by atoms with Gasteiger partial charge in [-0.25, -0.2) is 13.2 Å². The van der Waals surface area contributed by atoms with Crippen LogP contribution in [0.3, 0.4) is 0 Å². The van der Waals surface area contributed by atoms with Crippen molar-refractivity contribution in [2.24, 2.45) is 0 Å². The van der Waals surface area contributed by atoms with E-state index < -0.39 is 28.2 Å². The van der Waals surface area contributed by atoms with Gasteiger partial charge in [0.2, 0.25) is 5.91 Å². The van der Waals surface area contributed by atoms with Crippen molar-refractivity contribution in [1.29, 1.82) is 5.26 Å². The van der Waals surface area contributed by atoms with Gasteiger partial charge >= 0.3 is 12.1 Å². The molecule has 2 N–H and O–H groups in total. The van der Waals surface area contributed by atoms with Crippen LogP contribution in [0.1, 0.15) is 17.5 Å². The summed E-state index contributed by atoms with van der Waals surface area (Å²) in [5, 5.41) is 16.1. The van der Waals surface area contributed by atoms with Crippen LogP contribution < -0.4 is 4.72 Å². The van der Waals surface area contributed by atoms with Crippen LogP contribution in [0, 0.1) is 11.3 Å². The number of carbonyl (C=O) groups is 2. The quantitative estimate of drug-likeness (QED) is 0.638. The number of carboxylic acids is 1. The number of benzene rings is 1. The molecule has 1 saturated heterocycles. The van der Waals surface area contributed by atoms with E-state index in [9.17, 15) is 26.4 Å². The van der Waals surface area contributed by atoms with Gasteiger partial charge in [0.15, 0.2) is 0 Å². The molecule has 1 aromatic heterocycles. The number of nitrogens with one attached hydrogen (secondary N) is 1. The van der Waals surface area contributed by atoms with Crippen LogP contribution >= 0.6 is 22.9 Å². The van der Waals surface area contributed by atoms with Gasteiger partial charge in [0, 0.05) is 13.1 Å². The SMILES string of the molecule is N#Cc1cccc(CN2CC[C@H](NS(=O)(=O)c3ccc(Cl)s3)C2=O)c1.O=C(O)C(F)(F)F. The van der Waals surface area contributed by atoms with E-state index in [0.29, 0.717) is 29.4 Å². The summed E-state index contributed by atoms with van der Waals surface area (Å²) in [5.41, 5.74) is 1.36. The van der Waals surface area contributed by atoms with Crippen LogP contribution in [0.15, 0.2) is 40.6 Å². The van der Waals surface area contributed by atoms with Gasteiger partial charge < -0.3 is 10.0 Å². The Morgan fingerprint density at radius 3 is 2.53 bits per heavy atom. The van der Waals surface area contributed by atoms with Crippen LogP contribution in [-0.2, 0) is 26.2 Å². The maximum atomic E-state index is 12.5. The summed E-state index contributed by atoms with van der Waals surface area (Å²) in [4.78, 5) is 23.0. The molecule has 0 aliphatic carbocycles. The topological polar surface area (TPSA) is 128 Å². The number of amides is 1. The third-order valence-corrected chi connectivity index (χ3v) is 7.27. The van der Waals surface area contributed by atoms with E-state index in [4.69, 9.17) is 26.8 Å². The molecule has 0 spiro atoms. The predicted molar refractivity (Wildman–Crippen MR) is 108 cm³/mol. The van der Waals surface area contributed by atoms with Gasteiger partial charge in [-0.15, -0.1) is 11.3 Å².